The first-order chi connectivity index (χ1) is 6.41. The first-order valence-corrected chi connectivity index (χ1v) is 4.37. The fourth-order valence-electron chi connectivity index (χ4n) is 0.707. The Kier molecular flexibility index (Phi) is 6.24. The minimum Gasteiger partial charge on any atom is -0.504 e. The molecule has 0 atom stereocenters. The summed E-state index contributed by atoms with van der Waals surface area (Å²) in [5, 5.41) is 10.1. The Bertz CT molecular complexity index is 356. The molecule has 1 aromatic rings. The van der Waals surface area contributed by atoms with Gasteiger partial charge >= 0.3 is 12.0 Å². The van der Waals surface area contributed by atoms with Crippen LogP contribution in [0.4, 0.5) is 13.2 Å². The van der Waals surface area contributed by atoms with E-state index in [0.29, 0.717) is 0 Å². The average molecular weight is 375 g/mol. The van der Waals surface area contributed by atoms with Crippen molar-refractivity contribution in [3.05, 3.63) is 34.2 Å². The molecule has 0 aliphatic carbocycles. The zero-order valence-corrected chi connectivity index (χ0v) is 10.4. The number of thiophene rings is 1. The van der Waals surface area contributed by atoms with Gasteiger partial charge in [0, 0.05) is 49.4 Å². The second-order valence-electron chi connectivity index (χ2n) is 2.39. The van der Waals surface area contributed by atoms with Crippen molar-refractivity contribution in [2.24, 2.45) is 0 Å². The van der Waals surface area contributed by atoms with Crippen LogP contribution in [0.15, 0.2) is 29.3 Å². The number of aliphatic hydroxyl groups excluding tert-OH is 1. The third kappa shape index (κ3) is 4.76. The zero-order chi connectivity index (χ0) is 10.8. The molecule has 15 heavy (non-hydrogen) atoms. The van der Waals surface area contributed by atoms with Crippen LogP contribution < -0.4 is 0 Å². The van der Waals surface area contributed by atoms with E-state index in [1.165, 1.54) is 6.07 Å². The van der Waals surface area contributed by atoms with E-state index in [0.717, 1.165) is 11.3 Å². The van der Waals surface area contributed by atoms with Crippen LogP contribution >= 0.6 is 11.3 Å². The quantitative estimate of drug-likeness (QED) is 0.367. The van der Waals surface area contributed by atoms with Crippen LogP contribution in [-0.2, 0) is 0 Å². The van der Waals surface area contributed by atoms with E-state index in [4.69, 9.17) is 9.90 Å². The SMILES string of the molecule is O/C(=C\C(=[OH+])c1cccs1)C(F)(F)F.[Eu]. The van der Waals surface area contributed by atoms with Gasteiger partial charge in [0.1, 0.15) is 4.88 Å². The predicted molar refractivity (Wildman–Crippen MR) is 47.1 cm³/mol. The number of hydrogen-bond acceptors (Lipinski definition) is 2. The molecule has 7 heteroatoms. The molecule has 0 unspecified atom stereocenters. The molecule has 0 aliphatic rings. The maximum atomic E-state index is 11.8. The predicted octanol–water partition coefficient (Wildman–Crippen LogP) is 2.65. The molecule has 1 rings (SSSR count). The Labute approximate surface area is 128 Å². The molecule has 1 radical (unpaired) electrons. The molecule has 1 aromatic heterocycles. The first kappa shape index (κ1) is 15.3. The summed E-state index contributed by atoms with van der Waals surface area (Å²) >= 11 is 1.07. The van der Waals surface area contributed by atoms with Gasteiger partial charge in [-0.3, -0.25) is 4.79 Å². The van der Waals surface area contributed by atoms with Gasteiger partial charge in [-0.2, -0.15) is 13.2 Å². The second-order valence-corrected chi connectivity index (χ2v) is 3.34. The smallest absolute Gasteiger partial charge is 0.449 e. The number of allylic oxidation sites excluding steroid dienone is 2. The van der Waals surface area contributed by atoms with Crippen LogP contribution in [0.2, 0.25) is 0 Å². The summed E-state index contributed by atoms with van der Waals surface area (Å²) in [6.07, 6.45) is -4.54. The van der Waals surface area contributed by atoms with Gasteiger partial charge in [0.05, 0.1) is 6.08 Å². The minimum atomic E-state index is -4.83. The number of ketones is 1. The molecular weight excluding hydrogens is 369 g/mol. The summed E-state index contributed by atoms with van der Waals surface area (Å²) in [4.78, 5) is 9.40. The Hall–Kier alpha value is 0.284. The van der Waals surface area contributed by atoms with E-state index >= 15 is 0 Å². The van der Waals surface area contributed by atoms with Gasteiger partial charge in [-0.25, -0.2) is 0 Å². The third-order valence-electron chi connectivity index (χ3n) is 1.34. The van der Waals surface area contributed by atoms with E-state index in [9.17, 15) is 13.2 Å². The summed E-state index contributed by atoms with van der Waals surface area (Å²) in [5.41, 5.74) is 0. The maximum Gasteiger partial charge on any atom is 0.449 e. The third-order valence-corrected chi connectivity index (χ3v) is 2.23. The van der Waals surface area contributed by atoms with Crippen molar-refractivity contribution < 1.29 is 72.4 Å². The number of aliphatic hydroxyl groups is 1. The van der Waals surface area contributed by atoms with E-state index in [2.05, 4.69) is 0 Å². The molecule has 0 saturated carbocycles. The molecule has 0 fully saturated rings. The van der Waals surface area contributed by atoms with Gasteiger partial charge in [0.15, 0.2) is 0 Å². The monoisotopic (exact) mass is 376 g/mol. The van der Waals surface area contributed by atoms with E-state index in [1.807, 2.05) is 0 Å². The number of alkyl halides is 3. The van der Waals surface area contributed by atoms with Gasteiger partial charge in [-0.1, -0.05) is 6.07 Å². The maximum absolute atomic E-state index is 11.8. The zero-order valence-electron chi connectivity index (χ0n) is 7.12. The van der Waals surface area contributed by atoms with Crippen molar-refractivity contribution in [2.75, 3.05) is 0 Å². The second kappa shape index (κ2) is 6.13. The molecular formula is C8H6EuF3O2S+. The van der Waals surface area contributed by atoms with Crippen LogP contribution in [0.3, 0.4) is 0 Å². The van der Waals surface area contributed by atoms with Crippen molar-refractivity contribution in [2.45, 2.75) is 6.18 Å². The molecule has 0 bridgehead atoms. The van der Waals surface area contributed by atoms with E-state index < -0.39 is 17.7 Å². The summed E-state index contributed by atoms with van der Waals surface area (Å²) in [5.74, 6) is -2.42. The number of hydrogen-bond donors (Lipinski definition) is 1. The minimum absolute atomic E-state index is 0. The van der Waals surface area contributed by atoms with E-state index in [-0.39, 0.29) is 60.3 Å². The first-order valence-electron chi connectivity index (χ1n) is 3.49. The molecule has 83 valence electrons. The molecule has 0 saturated heterocycles. The summed E-state index contributed by atoms with van der Waals surface area (Å²) in [6, 6.07) is 3.02. The molecule has 0 spiro atoms. The Morgan fingerprint density at radius 3 is 2.47 bits per heavy atom. The van der Waals surface area contributed by atoms with Crippen molar-refractivity contribution in [3.63, 3.8) is 0 Å². The van der Waals surface area contributed by atoms with E-state index in [1.54, 1.807) is 11.4 Å². The molecule has 2 N–H and O–H groups in total. The van der Waals surface area contributed by atoms with Gasteiger partial charge in [0.25, 0.3) is 0 Å². The normalized spacial score (nSPS) is 12.1. The van der Waals surface area contributed by atoms with Gasteiger partial charge < -0.3 is 5.11 Å². The van der Waals surface area contributed by atoms with Crippen LogP contribution in [0, 0.1) is 49.4 Å². The number of halogens is 3. The van der Waals surface area contributed by atoms with Crippen molar-refractivity contribution in [1.29, 1.82) is 0 Å². The fraction of sp³-hybridized carbons (Fsp3) is 0.125. The van der Waals surface area contributed by atoms with Crippen molar-refractivity contribution in [1.82, 2.24) is 0 Å². The Morgan fingerprint density at radius 2 is 2.07 bits per heavy atom. The molecule has 0 aromatic carbocycles. The summed E-state index contributed by atoms with van der Waals surface area (Å²) < 4.78 is 35.4. The topological polar surface area (TPSA) is 41.6 Å². The van der Waals surface area contributed by atoms with Crippen LogP contribution in [0.5, 0.6) is 0 Å². The average Bonchev–Trinajstić information content (AvgIpc) is 2.53. The van der Waals surface area contributed by atoms with Gasteiger partial charge in [-0.05, 0) is 11.4 Å². The van der Waals surface area contributed by atoms with Crippen LogP contribution in [-0.4, -0.2) is 21.9 Å². The standard InChI is InChI=1S/C8H5F3O2S.Eu/c9-8(10,11)7(13)4-5(12)6-2-1-3-14-6;/h1-4,13H;/p+1/b7-4-;. The molecule has 1 heterocycles. The largest absolute Gasteiger partial charge is 0.504 e. The van der Waals surface area contributed by atoms with Crippen LogP contribution in [0.25, 0.3) is 0 Å². The van der Waals surface area contributed by atoms with Gasteiger partial charge in [0.2, 0.25) is 5.76 Å². The van der Waals surface area contributed by atoms with Gasteiger partial charge in [-0.15, -0.1) is 11.3 Å². The van der Waals surface area contributed by atoms with Crippen molar-refractivity contribution >= 4 is 17.1 Å². The summed E-state index contributed by atoms with van der Waals surface area (Å²) in [7, 11) is 0. The summed E-state index contributed by atoms with van der Waals surface area (Å²) in [6.45, 7) is 0. The Morgan fingerprint density at radius 1 is 1.47 bits per heavy atom. The molecule has 0 aliphatic heterocycles. The van der Waals surface area contributed by atoms with Crippen molar-refractivity contribution in [3.8, 4) is 0 Å². The fourth-order valence-corrected chi connectivity index (χ4v) is 1.35. The van der Waals surface area contributed by atoms with Crippen LogP contribution in [0.1, 0.15) is 4.88 Å². The Balaban J connectivity index is 0.00000196. The molecule has 2 nitrogen and oxygen atoms in total. The number of rotatable bonds is 2. The molecule has 0 amide bonds. The number of carbonyl (C=O) groups excluding carboxylic acids is 1.